The molecular weight excluding hydrogens is 700 g/mol. The van der Waals surface area contributed by atoms with Gasteiger partial charge in [0.15, 0.2) is 17.3 Å². The average Bonchev–Trinajstić information content (AvgIpc) is 3.43. The third kappa shape index (κ3) is 4.96. The van der Waals surface area contributed by atoms with Crippen LogP contribution in [-0.2, 0) is 30.8 Å². The summed E-state index contributed by atoms with van der Waals surface area (Å²) in [6.07, 6.45) is -2.13. The number of phenols is 1. The molecule has 6 atom stereocenters. The fourth-order valence-corrected chi connectivity index (χ4v) is 8.63. The zero-order valence-corrected chi connectivity index (χ0v) is 28.0. The van der Waals surface area contributed by atoms with Crippen molar-refractivity contribution in [3.05, 3.63) is 93.1 Å². The molecule has 2 aliphatic heterocycles. The van der Waals surface area contributed by atoms with E-state index in [0.29, 0.717) is 34.0 Å². The van der Waals surface area contributed by atoms with Gasteiger partial charge in [-0.2, -0.15) is 18.2 Å². The van der Waals surface area contributed by atoms with Gasteiger partial charge in [0, 0.05) is 24.2 Å². The summed E-state index contributed by atoms with van der Waals surface area (Å²) in [5, 5.41) is 11.2. The summed E-state index contributed by atoms with van der Waals surface area (Å²) in [6, 6.07) is 11.7. The fraction of sp³-hybridized carbons (Fsp3) is 0.343. The summed E-state index contributed by atoms with van der Waals surface area (Å²) in [5.41, 5.74) is 1.32. The molecule has 10 nitrogen and oxygen atoms in total. The number of benzene rings is 2. The number of hydrogen-bond acceptors (Lipinski definition) is 8. The SMILES string of the molecule is CCOc1cc([C@H]2C3=CC[C@@H]4C(=O)N(C)C(=O)[C@@H]4[C@@H]3C[C@H]3C(=O)N(Nc4ncc(C(F)(F)F)cc4Cl)C(=O)[C@@]23c2ccc(Cl)cc2)ccc1O. The zero-order valence-electron chi connectivity index (χ0n) is 26.5. The number of carbonyl (C=O) groups is 4. The van der Waals surface area contributed by atoms with E-state index < -0.39 is 63.6 Å². The van der Waals surface area contributed by atoms with Crippen LogP contribution in [0.15, 0.2) is 66.4 Å². The fourth-order valence-electron chi connectivity index (χ4n) is 8.30. The molecule has 50 heavy (non-hydrogen) atoms. The van der Waals surface area contributed by atoms with Crippen molar-refractivity contribution in [3.63, 3.8) is 0 Å². The molecule has 3 heterocycles. The van der Waals surface area contributed by atoms with Gasteiger partial charge in [0.1, 0.15) is 0 Å². The number of fused-ring (bicyclic) bond motifs is 4. The van der Waals surface area contributed by atoms with Gasteiger partial charge < -0.3 is 9.84 Å². The van der Waals surface area contributed by atoms with Crippen LogP contribution < -0.4 is 10.2 Å². The number of carbonyl (C=O) groups excluding carboxylic acids is 4. The lowest BCUT2D eigenvalue weighted by Crippen LogP contribution is -2.53. The second kappa shape index (κ2) is 12.0. The topological polar surface area (TPSA) is 129 Å². The Morgan fingerprint density at radius 3 is 2.40 bits per heavy atom. The van der Waals surface area contributed by atoms with Gasteiger partial charge in [0.25, 0.3) is 11.8 Å². The van der Waals surface area contributed by atoms with Crippen molar-refractivity contribution in [2.75, 3.05) is 19.1 Å². The number of phenolic OH excluding ortho intramolecular Hbond substituents is 1. The van der Waals surface area contributed by atoms with E-state index in [1.165, 1.54) is 13.1 Å². The van der Waals surface area contributed by atoms with Crippen LogP contribution >= 0.6 is 23.2 Å². The Bertz CT molecular complexity index is 1990. The Kier molecular flexibility index (Phi) is 8.13. The molecule has 0 bridgehead atoms. The minimum Gasteiger partial charge on any atom is -0.504 e. The molecule has 15 heteroatoms. The lowest BCUT2D eigenvalue weighted by molar-refractivity contribution is -0.140. The quantitative estimate of drug-likeness (QED) is 0.229. The largest absolute Gasteiger partial charge is 0.504 e. The van der Waals surface area contributed by atoms with E-state index in [2.05, 4.69) is 10.4 Å². The number of aromatic nitrogens is 1. The number of alkyl halides is 3. The molecule has 2 N–H and O–H groups in total. The van der Waals surface area contributed by atoms with Gasteiger partial charge in [0.2, 0.25) is 11.8 Å². The van der Waals surface area contributed by atoms with Crippen LogP contribution in [0.5, 0.6) is 11.5 Å². The summed E-state index contributed by atoms with van der Waals surface area (Å²) in [4.78, 5) is 61.5. The normalized spacial score (nSPS) is 27.6. The molecule has 0 unspecified atom stereocenters. The highest BCUT2D eigenvalue weighted by molar-refractivity contribution is 6.33. The minimum absolute atomic E-state index is 0.00763. The summed E-state index contributed by atoms with van der Waals surface area (Å²) >= 11 is 12.5. The van der Waals surface area contributed by atoms with Gasteiger partial charge in [0.05, 0.1) is 40.4 Å². The molecule has 7 rings (SSSR count). The Balaban J connectivity index is 1.45. The van der Waals surface area contributed by atoms with Crippen LogP contribution in [0, 0.1) is 23.7 Å². The number of anilines is 1. The van der Waals surface area contributed by atoms with E-state index in [1.807, 2.05) is 6.08 Å². The number of hydrogen-bond donors (Lipinski definition) is 2. The first-order valence-electron chi connectivity index (χ1n) is 15.8. The zero-order chi connectivity index (χ0) is 35.9. The first-order valence-corrected chi connectivity index (χ1v) is 16.6. The number of imide groups is 2. The Labute approximate surface area is 293 Å². The number of nitrogens with zero attached hydrogens (tertiary/aromatic N) is 3. The first kappa shape index (κ1) is 33.9. The number of allylic oxidation sites excluding steroid dienone is 2. The second-order valence-corrected chi connectivity index (χ2v) is 13.7. The van der Waals surface area contributed by atoms with E-state index in [0.717, 1.165) is 9.91 Å². The number of hydrazine groups is 1. The summed E-state index contributed by atoms with van der Waals surface area (Å²) in [6.45, 7) is 1.95. The number of rotatable bonds is 6. The van der Waals surface area contributed by atoms with Crippen LogP contribution in [0.25, 0.3) is 0 Å². The first-order chi connectivity index (χ1) is 23.7. The molecule has 260 valence electrons. The number of nitrogens with one attached hydrogen (secondary N) is 1. The van der Waals surface area contributed by atoms with Gasteiger partial charge in [-0.15, -0.1) is 0 Å². The maximum atomic E-state index is 15.2. The van der Waals surface area contributed by atoms with Crippen molar-refractivity contribution < 1.29 is 42.2 Å². The van der Waals surface area contributed by atoms with E-state index in [1.54, 1.807) is 43.3 Å². The number of ether oxygens (including phenoxy) is 1. The molecule has 3 fully saturated rings. The predicted molar refractivity (Wildman–Crippen MR) is 174 cm³/mol. The number of amides is 4. The van der Waals surface area contributed by atoms with Crippen LogP contribution in [-0.4, -0.2) is 57.3 Å². The molecule has 2 aliphatic carbocycles. The molecule has 1 saturated carbocycles. The molecular formula is C35H29Cl2F3N4O6. The third-order valence-electron chi connectivity index (χ3n) is 10.4. The van der Waals surface area contributed by atoms with Crippen molar-refractivity contribution in [2.24, 2.45) is 23.7 Å². The van der Waals surface area contributed by atoms with E-state index in [-0.39, 0.29) is 48.6 Å². The average molecular weight is 730 g/mol. The molecule has 1 aromatic heterocycles. The van der Waals surface area contributed by atoms with Gasteiger partial charge >= 0.3 is 6.18 Å². The van der Waals surface area contributed by atoms with Crippen LogP contribution in [0.2, 0.25) is 10.0 Å². The maximum Gasteiger partial charge on any atom is 0.417 e. The lowest BCUT2D eigenvalue weighted by atomic mass is 9.49. The number of pyridine rings is 1. The highest BCUT2D eigenvalue weighted by atomic mass is 35.5. The van der Waals surface area contributed by atoms with E-state index in [9.17, 15) is 32.7 Å². The Morgan fingerprint density at radius 1 is 1.02 bits per heavy atom. The lowest BCUT2D eigenvalue weighted by Gasteiger charge is -2.50. The summed E-state index contributed by atoms with van der Waals surface area (Å²) in [5.74, 6) is -6.77. The third-order valence-corrected chi connectivity index (χ3v) is 10.9. The Morgan fingerprint density at radius 2 is 1.74 bits per heavy atom. The smallest absolute Gasteiger partial charge is 0.417 e. The molecule has 2 saturated heterocycles. The number of aromatic hydroxyl groups is 1. The van der Waals surface area contributed by atoms with Crippen molar-refractivity contribution in [1.29, 1.82) is 0 Å². The van der Waals surface area contributed by atoms with Crippen molar-refractivity contribution in [3.8, 4) is 11.5 Å². The molecule has 4 amide bonds. The molecule has 4 aliphatic rings. The van der Waals surface area contributed by atoms with Gasteiger partial charge in [-0.25, -0.2) is 4.98 Å². The monoisotopic (exact) mass is 728 g/mol. The van der Waals surface area contributed by atoms with Gasteiger partial charge in [-0.3, -0.25) is 29.5 Å². The number of likely N-dealkylation sites (tertiary alicyclic amines) is 1. The predicted octanol–water partition coefficient (Wildman–Crippen LogP) is 6.13. The molecule has 0 spiro atoms. The van der Waals surface area contributed by atoms with Crippen molar-refractivity contribution >= 4 is 52.6 Å². The number of halogens is 5. The standard InChI is InChI=1S/C35H29Cl2F3N4O6/c1-3-50-26-12-16(4-11-25(26)45)28-20-9-10-21-27(32(48)43(2)30(21)46)22(20)14-23-31(47)44(33(49)34(23,28)17-5-7-19(36)8-6-17)42-29-24(37)13-18(15-41-29)35(38,39)40/h4-9,11-13,15,21-23,27-28,45H,3,10,14H2,1-2H3,(H,41,42)/t21-,22+,23-,27-,28-,34+/m0/s1. The summed E-state index contributed by atoms with van der Waals surface area (Å²) < 4.78 is 45.9. The highest BCUT2D eigenvalue weighted by Gasteiger charge is 2.70. The van der Waals surface area contributed by atoms with Gasteiger partial charge in [-0.1, -0.05) is 53.1 Å². The van der Waals surface area contributed by atoms with E-state index >= 15 is 4.79 Å². The van der Waals surface area contributed by atoms with Gasteiger partial charge in [-0.05, 0) is 67.1 Å². The van der Waals surface area contributed by atoms with Crippen molar-refractivity contribution in [1.82, 2.24) is 14.9 Å². The maximum absolute atomic E-state index is 15.2. The van der Waals surface area contributed by atoms with Crippen LogP contribution in [0.3, 0.4) is 0 Å². The molecule has 0 radical (unpaired) electrons. The second-order valence-electron chi connectivity index (χ2n) is 12.8. The molecule has 2 aromatic carbocycles. The molecule has 3 aromatic rings. The van der Waals surface area contributed by atoms with Crippen LogP contribution in [0.1, 0.15) is 42.4 Å². The highest BCUT2D eigenvalue weighted by Crippen LogP contribution is 2.64. The van der Waals surface area contributed by atoms with E-state index in [4.69, 9.17) is 27.9 Å². The van der Waals surface area contributed by atoms with Crippen molar-refractivity contribution in [2.45, 2.75) is 37.3 Å². The van der Waals surface area contributed by atoms with Crippen LogP contribution in [0.4, 0.5) is 19.0 Å². The minimum atomic E-state index is -4.74. The Hall–Kier alpha value is -4.62. The summed E-state index contributed by atoms with van der Waals surface area (Å²) in [7, 11) is 1.42.